The van der Waals surface area contributed by atoms with Crippen LogP contribution in [-0.4, -0.2) is 24.4 Å². The van der Waals surface area contributed by atoms with E-state index in [9.17, 15) is 4.79 Å². The molecular formula is C14H18BrNO2. The summed E-state index contributed by atoms with van der Waals surface area (Å²) in [6, 6.07) is 7.30. The third-order valence-electron chi connectivity index (χ3n) is 3.44. The monoisotopic (exact) mass is 311 g/mol. The Bertz CT molecular complexity index is 422. The first kappa shape index (κ1) is 13.4. The fourth-order valence-corrected chi connectivity index (χ4v) is 3.15. The SMILES string of the molecule is COc1ccccc1C(=O)NCC1CCCC1Br. The normalized spacial score (nSPS) is 22.8. The molecule has 1 aromatic rings. The van der Waals surface area contributed by atoms with Crippen molar-refractivity contribution in [2.45, 2.75) is 24.1 Å². The van der Waals surface area contributed by atoms with Gasteiger partial charge < -0.3 is 10.1 Å². The lowest BCUT2D eigenvalue weighted by molar-refractivity contribution is 0.0945. The van der Waals surface area contributed by atoms with Crippen molar-refractivity contribution in [3.63, 3.8) is 0 Å². The fourth-order valence-electron chi connectivity index (χ4n) is 2.37. The largest absolute Gasteiger partial charge is 0.496 e. The molecule has 1 fully saturated rings. The van der Waals surface area contributed by atoms with Gasteiger partial charge in [0.15, 0.2) is 0 Å². The van der Waals surface area contributed by atoms with Gasteiger partial charge in [-0.25, -0.2) is 0 Å². The molecule has 1 amide bonds. The summed E-state index contributed by atoms with van der Waals surface area (Å²) in [6.45, 7) is 0.729. The summed E-state index contributed by atoms with van der Waals surface area (Å²) in [5.41, 5.74) is 0.601. The zero-order valence-electron chi connectivity index (χ0n) is 10.5. The van der Waals surface area contributed by atoms with E-state index >= 15 is 0 Å². The van der Waals surface area contributed by atoms with Gasteiger partial charge in [0.1, 0.15) is 5.75 Å². The summed E-state index contributed by atoms with van der Waals surface area (Å²) in [7, 11) is 1.58. The van der Waals surface area contributed by atoms with Gasteiger partial charge in [0.25, 0.3) is 5.91 Å². The Kier molecular flexibility index (Phi) is 4.64. The van der Waals surface area contributed by atoms with Crippen LogP contribution in [0.5, 0.6) is 5.75 Å². The van der Waals surface area contributed by atoms with E-state index in [2.05, 4.69) is 21.2 Å². The molecular weight excluding hydrogens is 294 g/mol. The number of benzene rings is 1. The Balaban J connectivity index is 1.95. The van der Waals surface area contributed by atoms with Gasteiger partial charge in [0.2, 0.25) is 0 Å². The van der Waals surface area contributed by atoms with Crippen LogP contribution in [0.25, 0.3) is 0 Å². The summed E-state index contributed by atoms with van der Waals surface area (Å²) in [5.74, 6) is 1.11. The summed E-state index contributed by atoms with van der Waals surface area (Å²) in [6.07, 6.45) is 3.63. The fraction of sp³-hybridized carbons (Fsp3) is 0.500. The highest BCUT2D eigenvalue weighted by Gasteiger charge is 2.25. The number of alkyl halides is 1. The molecule has 1 saturated carbocycles. The van der Waals surface area contributed by atoms with Crippen molar-refractivity contribution in [1.29, 1.82) is 0 Å². The second-order valence-corrected chi connectivity index (χ2v) is 5.79. The predicted molar refractivity (Wildman–Crippen MR) is 75.4 cm³/mol. The Hall–Kier alpha value is -1.03. The van der Waals surface area contributed by atoms with Crippen LogP contribution in [-0.2, 0) is 0 Å². The molecule has 0 heterocycles. The molecule has 0 spiro atoms. The number of para-hydroxylation sites is 1. The Morgan fingerprint density at radius 2 is 2.22 bits per heavy atom. The number of rotatable bonds is 4. The molecule has 1 aliphatic rings. The number of methoxy groups -OCH3 is 1. The first-order valence-electron chi connectivity index (χ1n) is 6.27. The molecule has 0 aromatic heterocycles. The van der Waals surface area contributed by atoms with E-state index < -0.39 is 0 Å². The van der Waals surface area contributed by atoms with Gasteiger partial charge in [-0.2, -0.15) is 0 Å². The molecule has 2 atom stereocenters. The number of hydrogen-bond acceptors (Lipinski definition) is 2. The molecule has 98 valence electrons. The lowest BCUT2D eigenvalue weighted by atomic mass is 10.1. The maximum absolute atomic E-state index is 12.1. The van der Waals surface area contributed by atoms with Crippen molar-refractivity contribution in [2.75, 3.05) is 13.7 Å². The first-order valence-corrected chi connectivity index (χ1v) is 7.19. The van der Waals surface area contributed by atoms with Gasteiger partial charge in [0.05, 0.1) is 12.7 Å². The summed E-state index contributed by atoms with van der Waals surface area (Å²) in [5, 5.41) is 3.00. The molecule has 1 N–H and O–H groups in total. The van der Waals surface area contributed by atoms with Gasteiger partial charge in [-0.15, -0.1) is 0 Å². The Morgan fingerprint density at radius 1 is 1.44 bits per heavy atom. The van der Waals surface area contributed by atoms with Crippen LogP contribution in [0.3, 0.4) is 0 Å². The number of halogens is 1. The van der Waals surface area contributed by atoms with Crippen molar-refractivity contribution < 1.29 is 9.53 Å². The second-order valence-electron chi connectivity index (χ2n) is 4.62. The minimum atomic E-state index is -0.0564. The summed E-state index contributed by atoms with van der Waals surface area (Å²) >= 11 is 3.66. The molecule has 18 heavy (non-hydrogen) atoms. The number of amides is 1. The van der Waals surface area contributed by atoms with Crippen LogP contribution in [0.4, 0.5) is 0 Å². The van der Waals surface area contributed by atoms with Crippen LogP contribution < -0.4 is 10.1 Å². The maximum Gasteiger partial charge on any atom is 0.255 e. The number of ether oxygens (including phenoxy) is 1. The quantitative estimate of drug-likeness (QED) is 0.868. The third kappa shape index (κ3) is 3.05. The lowest BCUT2D eigenvalue weighted by Crippen LogP contribution is -2.31. The van der Waals surface area contributed by atoms with Crippen molar-refractivity contribution in [3.05, 3.63) is 29.8 Å². The van der Waals surface area contributed by atoms with E-state index in [1.165, 1.54) is 19.3 Å². The predicted octanol–water partition coefficient (Wildman–Crippen LogP) is 2.99. The zero-order chi connectivity index (χ0) is 13.0. The minimum absolute atomic E-state index is 0.0564. The summed E-state index contributed by atoms with van der Waals surface area (Å²) < 4.78 is 5.19. The van der Waals surface area contributed by atoms with Gasteiger partial charge >= 0.3 is 0 Å². The average Bonchev–Trinajstić information content (AvgIpc) is 2.81. The molecule has 0 radical (unpaired) electrons. The van der Waals surface area contributed by atoms with Crippen LogP contribution in [0.15, 0.2) is 24.3 Å². The van der Waals surface area contributed by atoms with E-state index in [0.29, 0.717) is 22.1 Å². The number of nitrogens with one attached hydrogen (secondary N) is 1. The van der Waals surface area contributed by atoms with E-state index in [-0.39, 0.29) is 5.91 Å². The molecule has 4 heteroatoms. The second kappa shape index (κ2) is 6.23. The van der Waals surface area contributed by atoms with Crippen LogP contribution in [0, 0.1) is 5.92 Å². The molecule has 0 bridgehead atoms. The average molecular weight is 312 g/mol. The van der Waals surface area contributed by atoms with Gasteiger partial charge in [0, 0.05) is 11.4 Å². The molecule has 2 unspecified atom stereocenters. The van der Waals surface area contributed by atoms with Crippen molar-refractivity contribution >= 4 is 21.8 Å². The smallest absolute Gasteiger partial charge is 0.255 e. The van der Waals surface area contributed by atoms with Crippen LogP contribution >= 0.6 is 15.9 Å². The highest BCUT2D eigenvalue weighted by Crippen LogP contribution is 2.31. The topological polar surface area (TPSA) is 38.3 Å². The zero-order valence-corrected chi connectivity index (χ0v) is 12.1. The number of hydrogen-bond donors (Lipinski definition) is 1. The molecule has 1 aliphatic carbocycles. The molecule has 0 aliphatic heterocycles. The Morgan fingerprint density at radius 3 is 2.89 bits per heavy atom. The van der Waals surface area contributed by atoms with Gasteiger partial charge in [-0.05, 0) is 30.9 Å². The standard InChI is InChI=1S/C14H18BrNO2/c1-18-13-8-3-2-6-11(13)14(17)16-9-10-5-4-7-12(10)15/h2-3,6,8,10,12H,4-5,7,9H2,1H3,(H,16,17). The van der Waals surface area contributed by atoms with Crippen LogP contribution in [0.1, 0.15) is 29.6 Å². The Labute approximate surface area is 116 Å². The molecule has 2 rings (SSSR count). The first-order chi connectivity index (χ1) is 8.72. The third-order valence-corrected chi connectivity index (χ3v) is 4.65. The van der Waals surface area contributed by atoms with E-state index in [0.717, 1.165) is 6.54 Å². The highest BCUT2D eigenvalue weighted by molar-refractivity contribution is 9.09. The van der Waals surface area contributed by atoms with Gasteiger partial charge in [-0.3, -0.25) is 4.79 Å². The van der Waals surface area contributed by atoms with Crippen molar-refractivity contribution in [2.24, 2.45) is 5.92 Å². The van der Waals surface area contributed by atoms with Crippen molar-refractivity contribution in [3.8, 4) is 5.75 Å². The highest BCUT2D eigenvalue weighted by atomic mass is 79.9. The number of carbonyl (C=O) groups is 1. The van der Waals surface area contributed by atoms with Crippen LogP contribution in [0.2, 0.25) is 0 Å². The van der Waals surface area contributed by atoms with E-state index in [4.69, 9.17) is 4.74 Å². The lowest BCUT2D eigenvalue weighted by Gasteiger charge is -2.15. The minimum Gasteiger partial charge on any atom is -0.496 e. The molecule has 3 nitrogen and oxygen atoms in total. The van der Waals surface area contributed by atoms with E-state index in [1.54, 1.807) is 19.2 Å². The summed E-state index contributed by atoms with van der Waals surface area (Å²) in [4.78, 5) is 12.6. The molecule has 1 aromatic carbocycles. The maximum atomic E-state index is 12.1. The van der Waals surface area contributed by atoms with Crippen molar-refractivity contribution in [1.82, 2.24) is 5.32 Å². The number of carbonyl (C=O) groups excluding carboxylic acids is 1. The van der Waals surface area contributed by atoms with E-state index in [1.807, 2.05) is 12.1 Å². The molecule has 0 saturated heterocycles. The van der Waals surface area contributed by atoms with Gasteiger partial charge in [-0.1, -0.05) is 34.5 Å².